The molecule has 0 bridgehead atoms. The average Bonchev–Trinajstić information content (AvgIpc) is 2.33. The van der Waals surface area contributed by atoms with E-state index in [2.05, 4.69) is 21.3 Å². The normalized spacial score (nSPS) is 30.2. The van der Waals surface area contributed by atoms with Crippen molar-refractivity contribution in [1.82, 2.24) is 0 Å². The van der Waals surface area contributed by atoms with Gasteiger partial charge in [-0.05, 0) is 16.4 Å². The van der Waals surface area contributed by atoms with Crippen LogP contribution in [0.25, 0.3) is 0 Å². The second-order valence-electron chi connectivity index (χ2n) is 1.84. The Morgan fingerprint density at radius 3 is 3.44 bits per heavy atom. The maximum atomic E-state index is 4.07. The summed E-state index contributed by atoms with van der Waals surface area (Å²) in [6.07, 6.45) is 4.14. The highest BCUT2D eigenvalue weighted by molar-refractivity contribution is 8.04. The largest absolute Gasteiger partial charge is 0.223 e. The maximum Gasteiger partial charge on any atom is 0.0703 e. The van der Waals surface area contributed by atoms with Crippen molar-refractivity contribution in [3.63, 3.8) is 0 Å². The zero-order valence-corrected chi connectivity index (χ0v) is 6.28. The van der Waals surface area contributed by atoms with Crippen molar-refractivity contribution >= 4 is 29.9 Å². The van der Waals surface area contributed by atoms with E-state index in [1.54, 1.807) is 0 Å². The molecule has 0 aromatic rings. The van der Waals surface area contributed by atoms with Crippen molar-refractivity contribution in [3.05, 3.63) is 22.5 Å². The molecule has 0 aromatic carbocycles. The van der Waals surface area contributed by atoms with Gasteiger partial charge in [0.15, 0.2) is 0 Å². The van der Waals surface area contributed by atoms with Crippen molar-refractivity contribution in [1.29, 1.82) is 0 Å². The van der Waals surface area contributed by atoms with Gasteiger partial charge in [0.05, 0.1) is 5.25 Å². The van der Waals surface area contributed by atoms with Gasteiger partial charge < -0.3 is 0 Å². The van der Waals surface area contributed by atoms with Gasteiger partial charge in [-0.2, -0.15) is 0 Å². The molecule has 1 unspecified atom stereocenters. The van der Waals surface area contributed by atoms with Crippen LogP contribution in [0.4, 0.5) is 0 Å². The van der Waals surface area contributed by atoms with Crippen molar-refractivity contribution in [3.8, 4) is 0 Å². The van der Waals surface area contributed by atoms with E-state index in [-0.39, 0.29) is 0 Å². The van der Waals surface area contributed by atoms with Crippen LogP contribution in [0.1, 0.15) is 0 Å². The highest BCUT2D eigenvalue weighted by atomic mass is 32.2. The van der Waals surface area contributed by atoms with Gasteiger partial charge in [-0.3, -0.25) is 0 Å². The van der Waals surface area contributed by atoms with Crippen LogP contribution >= 0.6 is 23.7 Å². The van der Waals surface area contributed by atoms with E-state index >= 15 is 0 Å². The molecule has 0 fully saturated rings. The van der Waals surface area contributed by atoms with Crippen LogP contribution in [0.5, 0.6) is 0 Å². The number of thioether (sulfide) groups is 1. The van der Waals surface area contributed by atoms with Crippen LogP contribution in [0.15, 0.2) is 26.9 Å². The molecule has 2 heterocycles. The van der Waals surface area contributed by atoms with Crippen LogP contribution in [-0.2, 0) is 0 Å². The van der Waals surface area contributed by atoms with Gasteiger partial charge in [0.25, 0.3) is 0 Å². The molecule has 2 aliphatic rings. The van der Waals surface area contributed by atoms with Gasteiger partial charge in [-0.1, -0.05) is 6.08 Å². The van der Waals surface area contributed by atoms with E-state index in [0.717, 1.165) is 0 Å². The molecule has 0 amide bonds. The van der Waals surface area contributed by atoms with E-state index in [4.69, 9.17) is 0 Å². The first-order valence-electron chi connectivity index (χ1n) is 2.68. The maximum absolute atomic E-state index is 4.07. The number of allylic oxidation sites excluding steroid dienone is 1. The second kappa shape index (κ2) is 2.23. The third-order valence-electron chi connectivity index (χ3n) is 1.26. The standard InChI is InChI=1S/C6H5NS2/c1-2-8-6-3-7-9-4-5(1)6/h1-4,6H. The molecule has 0 radical (unpaired) electrons. The topological polar surface area (TPSA) is 12.4 Å². The van der Waals surface area contributed by atoms with Crippen LogP contribution in [0.2, 0.25) is 0 Å². The molecule has 2 aliphatic heterocycles. The van der Waals surface area contributed by atoms with E-state index in [9.17, 15) is 0 Å². The summed E-state index contributed by atoms with van der Waals surface area (Å²) in [5.41, 5.74) is 1.39. The molecule has 0 spiro atoms. The van der Waals surface area contributed by atoms with Gasteiger partial charge in [-0.15, -0.1) is 11.8 Å². The number of fused-ring (bicyclic) bond motifs is 1. The molecule has 9 heavy (non-hydrogen) atoms. The molecule has 0 aromatic heterocycles. The molecular weight excluding hydrogens is 150 g/mol. The molecular formula is C6H5NS2. The van der Waals surface area contributed by atoms with Crippen molar-refractivity contribution in [2.24, 2.45) is 4.40 Å². The quantitative estimate of drug-likeness (QED) is 0.497. The molecule has 0 aliphatic carbocycles. The minimum absolute atomic E-state index is 0.520. The van der Waals surface area contributed by atoms with Crippen molar-refractivity contribution in [2.75, 3.05) is 0 Å². The fourth-order valence-corrected chi connectivity index (χ4v) is 2.39. The Labute approximate surface area is 62.5 Å². The minimum Gasteiger partial charge on any atom is -0.223 e. The fourth-order valence-electron chi connectivity index (χ4n) is 0.785. The van der Waals surface area contributed by atoms with Crippen LogP contribution in [-0.4, -0.2) is 11.5 Å². The molecule has 2 rings (SSSR count). The van der Waals surface area contributed by atoms with Crippen LogP contribution in [0.3, 0.4) is 0 Å². The minimum atomic E-state index is 0.520. The summed E-state index contributed by atoms with van der Waals surface area (Å²) in [6, 6.07) is 0. The summed E-state index contributed by atoms with van der Waals surface area (Å²) in [7, 11) is 0. The van der Waals surface area contributed by atoms with E-state index < -0.39 is 0 Å². The Bertz CT molecular complexity index is 205. The Kier molecular flexibility index (Phi) is 1.39. The zero-order chi connectivity index (χ0) is 6.10. The monoisotopic (exact) mass is 155 g/mol. The van der Waals surface area contributed by atoms with Gasteiger partial charge in [0.1, 0.15) is 0 Å². The van der Waals surface area contributed by atoms with Crippen molar-refractivity contribution < 1.29 is 0 Å². The third kappa shape index (κ3) is 0.946. The summed E-state index contributed by atoms with van der Waals surface area (Å²) in [5, 5.41) is 4.74. The number of hydrogen-bond acceptors (Lipinski definition) is 3. The average molecular weight is 155 g/mol. The highest BCUT2D eigenvalue weighted by Crippen LogP contribution is 2.32. The summed E-state index contributed by atoms with van der Waals surface area (Å²) >= 11 is 3.33. The lowest BCUT2D eigenvalue weighted by Crippen LogP contribution is -2.03. The van der Waals surface area contributed by atoms with E-state index in [0.29, 0.717) is 5.25 Å². The zero-order valence-electron chi connectivity index (χ0n) is 4.65. The lowest BCUT2D eigenvalue weighted by atomic mass is 10.2. The lowest BCUT2D eigenvalue weighted by molar-refractivity contribution is 1.44. The molecule has 0 N–H and O–H groups in total. The summed E-state index contributed by atoms with van der Waals surface area (Å²) in [5.74, 6) is 0. The Balaban J connectivity index is 2.29. The first-order chi connectivity index (χ1) is 4.47. The lowest BCUT2D eigenvalue weighted by Gasteiger charge is -2.06. The number of nitrogens with zero attached hydrogens (tertiary/aromatic N) is 1. The number of rotatable bonds is 0. The molecule has 1 atom stereocenters. The van der Waals surface area contributed by atoms with Gasteiger partial charge in [-0.25, -0.2) is 4.40 Å². The highest BCUT2D eigenvalue weighted by Gasteiger charge is 2.16. The Morgan fingerprint density at radius 2 is 2.56 bits per heavy atom. The third-order valence-corrected chi connectivity index (χ3v) is 2.86. The Hall–Kier alpha value is -0.150. The molecule has 0 saturated heterocycles. The van der Waals surface area contributed by atoms with E-state index in [1.807, 2.05) is 18.0 Å². The predicted octanol–water partition coefficient (Wildman–Crippen LogP) is 2.23. The molecule has 1 nitrogen and oxygen atoms in total. The SMILES string of the molecule is C1=CC2=CSN=CC2S1. The van der Waals surface area contributed by atoms with Gasteiger partial charge in [0, 0.05) is 18.2 Å². The van der Waals surface area contributed by atoms with Crippen LogP contribution < -0.4 is 0 Å². The van der Waals surface area contributed by atoms with Gasteiger partial charge in [0.2, 0.25) is 0 Å². The molecule has 3 heteroatoms. The second-order valence-corrected chi connectivity index (χ2v) is 3.55. The smallest absolute Gasteiger partial charge is 0.0703 e. The summed E-state index contributed by atoms with van der Waals surface area (Å²) in [4.78, 5) is 0. The first-order valence-corrected chi connectivity index (χ1v) is 4.46. The Morgan fingerprint density at radius 1 is 1.56 bits per heavy atom. The summed E-state index contributed by atoms with van der Waals surface area (Å²) < 4.78 is 4.07. The van der Waals surface area contributed by atoms with E-state index in [1.165, 1.54) is 17.5 Å². The summed E-state index contributed by atoms with van der Waals surface area (Å²) in [6.45, 7) is 0. The van der Waals surface area contributed by atoms with Crippen LogP contribution in [0, 0.1) is 0 Å². The first kappa shape index (κ1) is 5.62. The number of hydrogen-bond donors (Lipinski definition) is 0. The van der Waals surface area contributed by atoms with Gasteiger partial charge >= 0.3 is 0 Å². The molecule has 0 saturated carbocycles. The fraction of sp³-hybridized carbons (Fsp3) is 0.167. The predicted molar refractivity (Wildman–Crippen MR) is 44.7 cm³/mol. The molecule has 46 valence electrons. The van der Waals surface area contributed by atoms with Crippen molar-refractivity contribution in [2.45, 2.75) is 5.25 Å².